The summed E-state index contributed by atoms with van der Waals surface area (Å²) in [4.78, 5) is 14.9. The zero-order valence-corrected chi connectivity index (χ0v) is 13.6. The van der Waals surface area contributed by atoms with Crippen LogP contribution >= 0.6 is 27.3 Å². The van der Waals surface area contributed by atoms with Crippen LogP contribution in [0.15, 0.2) is 40.2 Å². The fourth-order valence-electron chi connectivity index (χ4n) is 1.66. The van der Waals surface area contributed by atoms with Gasteiger partial charge >= 0.3 is 6.03 Å². The topological polar surface area (TPSA) is 41.6 Å². The van der Waals surface area contributed by atoms with Crippen LogP contribution in [-0.4, -0.2) is 25.1 Å². The first-order chi connectivity index (χ1) is 9.58. The lowest BCUT2D eigenvalue weighted by atomic mass is 10.3. The molecule has 1 aromatic heterocycles. The van der Waals surface area contributed by atoms with E-state index >= 15 is 0 Å². The number of urea groups is 1. The molecule has 0 spiro atoms. The smallest absolute Gasteiger partial charge is 0.321 e. The number of carbonyl (C=O) groups is 1. The molecule has 6 heteroatoms. The SMILES string of the molecule is COc1cccc(NC(=O)N(C)Cc2cc(Br)cs2)c1. The van der Waals surface area contributed by atoms with E-state index < -0.39 is 0 Å². The molecule has 0 saturated carbocycles. The number of anilines is 1. The van der Waals surface area contributed by atoms with E-state index in [1.165, 1.54) is 0 Å². The average molecular weight is 355 g/mol. The molecule has 0 aliphatic heterocycles. The summed E-state index contributed by atoms with van der Waals surface area (Å²) >= 11 is 5.03. The van der Waals surface area contributed by atoms with E-state index in [9.17, 15) is 4.79 Å². The van der Waals surface area contributed by atoms with Gasteiger partial charge in [-0.25, -0.2) is 4.79 Å². The molecular weight excluding hydrogens is 340 g/mol. The molecule has 20 heavy (non-hydrogen) atoms. The number of hydrogen-bond donors (Lipinski definition) is 1. The predicted octanol–water partition coefficient (Wildman–Crippen LogP) is 4.18. The quantitative estimate of drug-likeness (QED) is 0.894. The summed E-state index contributed by atoms with van der Waals surface area (Å²) < 4.78 is 6.17. The fraction of sp³-hybridized carbons (Fsp3) is 0.214. The minimum Gasteiger partial charge on any atom is -0.497 e. The van der Waals surface area contributed by atoms with Crippen molar-refractivity contribution in [2.45, 2.75) is 6.54 Å². The van der Waals surface area contributed by atoms with E-state index in [2.05, 4.69) is 21.2 Å². The van der Waals surface area contributed by atoms with Gasteiger partial charge in [0.15, 0.2) is 0 Å². The Morgan fingerprint density at radius 1 is 1.45 bits per heavy atom. The van der Waals surface area contributed by atoms with E-state index in [0.717, 1.165) is 9.35 Å². The number of hydrogen-bond acceptors (Lipinski definition) is 3. The first-order valence-corrected chi connectivity index (χ1v) is 7.65. The van der Waals surface area contributed by atoms with E-state index in [1.807, 2.05) is 29.6 Å². The van der Waals surface area contributed by atoms with Crippen molar-refractivity contribution < 1.29 is 9.53 Å². The minimum absolute atomic E-state index is 0.150. The van der Waals surface area contributed by atoms with E-state index in [4.69, 9.17) is 4.74 Å². The lowest BCUT2D eigenvalue weighted by Gasteiger charge is -2.17. The van der Waals surface area contributed by atoms with Crippen molar-refractivity contribution in [1.82, 2.24) is 4.90 Å². The van der Waals surface area contributed by atoms with Crippen LogP contribution in [0.25, 0.3) is 0 Å². The van der Waals surface area contributed by atoms with Crippen molar-refractivity contribution in [2.24, 2.45) is 0 Å². The Labute approximate surface area is 130 Å². The molecule has 1 N–H and O–H groups in total. The second-order valence-electron chi connectivity index (χ2n) is 4.25. The second kappa shape index (κ2) is 6.76. The maximum Gasteiger partial charge on any atom is 0.321 e. The first-order valence-electron chi connectivity index (χ1n) is 5.97. The van der Waals surface area contributed by atoms with Gasteiger partial charge in [0.2, 0.25) is 0 Å². The summed E-state index contributed by atoms with van der Waals surface area (Å²) in [6.45, 7) is 0.575. The molecule has 2 rings (SSSR count). The Morgan fingerprint density at radius 2 is 2.25 bits per heavy atom. The second-order valence-corrected chi connectivity index (χ2v) is 6.16. The van der Waals surface area contributed by atoms with Crippen molar-refractivity contribution in [3.8, 4) is 5.75 Å². The first kappa shape index (κ1) is 14.9. The van der Waals surface area contributed by atoms with Crippen LogP contribution in [0, 0.1) is 0 Å². The highest BCUT2D eigenvalue weighted by Crippen LogP contribution is 2.21. The van der Waals surface area contributed by atoms with Crippen LogP contribution in [0.2, 0.25) is 0 Å². The van der Waals surface area contributed by atoms with Gasteiger partial charge in [0, 0.05) is 33.5 Å². The number of rotatable bonds is 4. The van der Waals surface area contributed by atoms with E-state index in [1.54, 1.807) is 36.5 Å². The highest BCUT2D eigenvalue weighted by Gasteiger charge is 2.10. The van der Waals surface area contributed by atoms with Crippen molar-refractivity contribution in [3.63, 3.8) is 0 Å². The number of nitrogens with zero attached hydrogens (tertiary/aromatic N) is 1. The molecule has 0 bridgehead atoms. The zero-order chi connectivity index (χ0) is 14.5. The highest BCUT2D eigenvalue weighted by atomic mass is 79.9. The van der Waals surface area contributed by atoms with Crippen LogP contribution < -0.4 is 10.1 Å². The Morgan fingerprint density at radius 3 is 2.90 bits per heavy atom. The van der Waals surface area contributed by atoms with Crippen LogP contribution in [-0.2, 0) is 6.54 Å². The lowest BCUT2D eigenvalue weighted by Crippen LogP contribution is -2.30. The third kappa shape index (κ3) is 3.98. The average Bonchev–Trinajstić information content (AvgIpc) is 2.84. The molecule has 0 radical (unpaired) electrons. The molecule has 0 aliphatic carbocycles. The van der Waals surface area contributed by atoms with Gasteiger partial charge in [0.1, 0.15) is 5.75 Å². The fourth-order valence-corrected chi connectivity index (χ4v) is 3.17. The molecule has 0 atom stereocenters. The monoisotopic (exact) mass is 354 g/mol. The summed E-state index contributed by atoms with van der Waals surface area (Å²) in [7, 11) is 3.37. The number of methoxy groups -OCH3 is 1. The number of ether oxygens (including phenoxy) is 1. The molecular formula is C14H15BrN2O2S. The Hall–Kier alpha value is -1.53. The van der Waals surface area contributed by atoms with Crippen LogP contribution in [0.5, 0.6) is 5.75 Å². The van der Waals surface area contributed by atoms with Gasteiger partial charge in [0.05, 0.1) is 13.7 Å². The van der Waals surface area contributed by atoms with Crippen molar-refractivity contribution in [3.05, 3.63) is 45.1 Å². The number of carbonyl (C=O) groups excluding carboxylic acids is 1. The zero-order valence-electron chi connectivity index (χ0n) is 11.2. The summed E-state index contributed by atoms with van der Waals surface area (Å²) in [6, 6.07) is 9.15. The molecule has 106 valence electrons. The Bertz CT molecular complexity index is 600. The molecule has 0 aliphatic rings. The Kier molecular flexibility index (Phi) is 5.03. The molecule has 0 fully saturated rings. The van der Waals surface area contributed by atoms with Gasteiger partial charge in [-0.1, -0.05) is 6.07 Å². The molecule has 2 amide bonds. The highest BCUT2D eigenvalue weighted by molar-refractivity contribution is 9.10. The number of amides is 2. The Balaban J connectivity index is 1.96. The van der Waals surface area contributed by atoms with Crippen molar-refractivity contribution in [1.29, 1.82) is 0 Å². The molecule has 1 aromatic carbocycles. The summed E-state index contributed by atoms with van der Waals surface area (Å²) in [5, 5.41) is 4.85. The van der Waals surface area contributed by atoms with E-state index in [-0.39, 0.29) is 6.03 Å². The third-order valence-electron chi connectivity index (χ3n) is 2.68. The number of nitrogens with one attached hydrogen (secondary N) is 1. The third-order valence-corrected chi connectivity index (χ3v) is 4.36. The van der Waals surface area contributed by atoms with Crippen LogP contribution in [0.4, 0.5) is 10.5 Å². The summed E-state index contributed by atoms with van der Waals surface area (Å²) in [5.41, 5.74) is 0.716. The van der Waals surface area contributed by atoms with Crippen molar-refractivity contribution >= 4 is 39.0 Å². The molecule has 0 unspecified atom stereocenters. The van der Waals surface area contributed by atoms with Crippen LogP contribution in [0.3, 0.4) is 0 Å². The maximum absolute atomic E-state index is 12.1. The summed E-state index contributed by atoms with van der Waals surface area (Å²) in [5.74, 6) is 0.715. The predicted molar refractivity (Wildman–Crippen MR) is 85.5 cm³/mol. The normalized spacial score (nSPS) is 10.2. The standard InChI is InChI=1S/C14H15BrN2O2S/c1-17(8-13-6-10(15)9-20-13)14(18)16-11-4-3-5-12(7-11)19-2/h3-7,9H,8H2,1-2H3,(H,16,18). The van der Waals surface area contributed by atoms with Gasteiger partial charge in [-0.15, -0.1) is 11.3 Å². The van der Waals surface area contributed by atoms with E-state index in [0.29, 0.717) is 18.0 Å². The summed E-state index contributed by atoms with van der Waals surface area (Å²) in [6.07, 6.45) is 0. The number of benzene rings is 1. The molecule has 0 saturated heterocycles. The molecule has 4 nitrogen and oxygen atoms in total. The van der Waals surface area contributed by atoms with Gasteiger partial charge in [-0.05, 0) is 34.1 Å². The largest absolute Gasteiger partial charge is 0.497 e. The maximum atomic E-state index is 12.1. The lowest BCUT2D eigenvalue weighted by molar-refractivity contribution is 0.221. The van der Waals surface area contributed by atoms with Crippen LogP contribution in [0.1, 0.15) is 4.88 Å². The van der Waals surface area contributed by atoms with Gasteiger partial charge in [-0.3, -0.25) is 0 Å². The van der Waals surface area contributed by atoms with Gasteiger partial charge in [0.25, 0.3) is 0 Å². The number of thiophene rings is 1. The van der Waals surface area contributed by atoms with Crippen molar-refractivity contribution in [2.75, 3.05) is 19.5 Å². The van der Waals surface area contributed by atoms with Gasteiger partial charge in [-0.2, -0.15) is 0 Å². The molecule has 1 heterocycles. The molecule has 2 aromatic rings. The van der Waals surface area contributed by atoms with Gasteiger partial charge < -0.3 is 15.0 Å². The minimum atomic E-state index is -0.150. The number of halogens is 1.